The second-order valence-electron chi connectivity index (χ2n) is 3.57. The number of nitrogens with two attached hydrogens (primary N) is 1. The number of H-pyrrole nitrogens is 1. The van der Waals surface area contributed by atoms with Gasteiger partial charge in [-0.05, 0) is 12.1 Å². The van der Waals surface area contributed by atoms with Crippen LogP contribution in [0, 0.1) is 0 Å². The molecule has 0 spiro atoms. The van der Waals surface area contributed by atoms with Gasteiger partial charge in [0.15, 0.2) is 0 Å². The fraction of sp³-hybridized carbons (Fsp3) is 0.0909. The molecule has 0 amide bonds. The number of nitrogen functional groups attached to an aromatic ring is 1. The summed E-state index contributed by atoms with van der Waals surface area (Å²) in [5.74, 6) is 0. The van der Waals surface area contributed by atoms with Gasteiger partial charge in [0.05, 0.1) is 11.9 Å². The Balaban J connectivity index is 2.47. The van der Waals surface area contributed by atoms with E-state index in [0.29, 0.717) is 5.56 Å². The first kappa shape index (κ1) is 12.2. The third kappa shape index (κ3) is 2.20. The maximum atomic E-state index is 12.4. The maximum absolute atomic E-state index is 12.4. The lowest BCUT2D eigenvalue weighted by Crippen LogP contribution is -2.13. The van der Waals surface area contributed by atoms with E-state index >= 15 is 0 Å². The molecule has 4 nitrogen and oxygen atoms in total. The standard InChI is InChI=1S/C11H8F3N3O/c12-11(13,14)7-3-1-6(2-4-7)9-8(15)10(18)17-5-16-9/h1-5H,15H2,(H,16,17,18). The minimum atomic E-state index is -4.40. The second kappa shape index (κ2) is 4.17. The summed E-state index contributed by atoms with van der Waals surface area (Å²) in [6, 6.07) is 4.28. The Hall–Kier alpha value is -2.31. The van der Waals surface area contributed by atoms with Gasteiger partial charge in [-0.15, -0.1) is 0 Å². The van der Waals surface area contributed by atoms with Crippen molar-refractivity contribution in [1.82, 2.24) is 9.97 Å². The van der Waals surface area contributed by atoms with E-state index in [1.165, 1.54) is 12.1 Å². The summed E-state index contributed by atoms with van der Waals surface area (Å²) < 4.78 is 37.1. The summed E-state index contributed by atoms with van der Waals surface area (Å²) in [4.78, 5) is 17.4. The zero-order valence-electron chi connectivity index (χ0n) is 8.95. The zero-order valence-corrected chi connectivity index (χ0v) is 8.95. The van der Waals surface area contributed by atoms with Crippen LogP contribution < -0.4 is 11.3 Å². The van der Waals surface area contributed by atoms with Crippen molar-refractivity contribution in [3.63, 3.8) is 0 Å². The molecule has 1 aromatic carbocycles. The van der Waals surface area contributed by atoms with E-state index in [0.717, 1.165) is 18.5 Å². The van der Waals surface area contributed by atoms with Gasteiger partial charge in [-0.2, -0.15) is 13.2 Å². The van der Waals surface area contributed by atoms with Crippen molar-refractivity contribution < 1.29 is 13.2 Å². The highest BCUT2D eigenvalue weighted by Gasteiger charge is 2.30. The molecule has 0 atom stereocenters. The Morgan fingerprint density at radius 3 is 2.33 bits per heavy atom. The van der Waals surface area contributed by atoms with E-state index < -0.39 is 17.3 Å². The van der Waals surface area contributed by atoms with E-state index in [1.807, 2.05) is 0 Å². The number of nitrogens with zero attached hydrogens (tertiary/aromatic N) is 1. The Morgan fingerprint density at radius 2 is 1.78 bits per heavy atom. The molecule has 1 aromatic heterocycles. The first-order valence-corrected chi connectivity index (χ1v) is 4.90. The normalized spacial score (nSPS) is 11.5. The summed E-state index contributed by atoms with van der Waals surface area (Å²) in [7, 11) is 0. The largest absolute Gasteiger partial charge is 0.416 e. The number of hydrogen-bond donors (Lipinski definition) is 2. The lowest BCUT2D eigenvalue weighted by Gasteiger charge is -2.08. The Bertz CT molecular complexity index is 617. The van der Waals surface area contributed by atoms with Crippen molar-refractivity contribution in [3.05, 3.63) is 46.5 Å². The highest BCUT2D eigenvalue weighted by molar-refractivity contribution is 5.71. The van der Waals surface area contributed by atoms with Crippen LogP contribution in [0.1, 0.15) is 5.56 Å². The van der Waals surface area contributed by atoms with Gasteiger partial charge in [0.25, 0.3) is 5.56 Å². The third-order valence-corrected chi connectivity index (χ3v) is 2.37. The molecular formula is C11H8F3N3O. The van der Waals surface area contributed by atoms with Gasteiger partial charge in [0.1, 0.15) is 11.4 Å². The number of aromatic amines is 1. The first-order valence-electron chi connectivity index (χ1n) is 4.90. The molecule has 0 saturated carbocycles. The molecule has 0 aliphatic rings. The first-order chi connectivity index (χ1) is 8.39. The molecule has 2 aromatic rings. The summed E-state index contributed by atoms with van der Waals surface area (Å²) >= 11 is 0. The van der Waals surface area contributed by atoms with Crippen molar-refractivity contribution in [2.75, 3.05) is 5.73 Å². The van der Waals surface area contributed by atoms with Crippen molar-refractivity contribution in [2.24, 2.45) is 0 Å². The molecule has 18 heavy (non-hydrogen) atoms. The number of anilines is 1. The van der Waals surface area contributed by atoms with Crippen LogP contribution in [0.5, 0.6) is 0 Å². The predicted octanol–water partition coefficient (Wildman–Crippen LogP) is 2.04. The lowest BCUT2D eigenvalue weighted by atomic mass is 10.1. The molecule has 0 radical (unpaired) electrons. The van der Waals surface area contributed by atoms with Gasteiger partial charge in [0, 0.05) is 5.56 Å². The molecular weight excluding hydrogens is 247 g/mol. The van der Waals surface area contributed by atoms with E-state index in [1.54, 1.807) is 0 Å². The van der Waals surface area contributed by atoms with Crippen LogP contribution in [0.15, 0.2) is 35.4 Å². The molecule has 3 N–H and O–H groups in total. The molecule has 2 rings (SSSR count). The van der Waals surface area contributed by atoms with E-state index in [4.69, 9.17) is 5.73 Å². The van der Waals surface area contributed by atoms with Gasteiger partial charge < -0.3 is 10.7 Å². The van der Waals surface area contributed by atoms with Gasteiger partial charge in [-0.1, -0.05) is 12.1 Å². The molecule has 0 unspecified atom stereocenters. The van der Waals surface area contributed by atoms with Crippen molar-refractivity contribution >= 4 is 5.69 Å². The smallest absolute Gasteiger partial charge is 0.392 e. The number of alkyl halides is 3. The van der Waals surface area contributed by atoms with Crippen molar-refractivity contribution in [2.45, 2.75) is 6.18 Å². The zero-order chi connectivity index (χ0) is 13.3. The van der Waals surface area contributed by atoms with Gasteiger partial charge in [-0.25, -0.2) is 4.98 Å². The molecule has 0 saturated heterocycles. The number of benzene rings is 1. The Labute approximate surface area is 99.3 Å². The van der Waals surface area contributed by atoms with Crippen LogP contribution in [-0.2, 0) is 6.18 Å². The van der Waals surface area contributed by atoms with Crippen LogP contribution in [0.4, 0.5) is 18.9 Å². The van der Waals surface area contributed by atoms with Crippen LogP contribution in [0.2, 0.25) is 0 Å². The summed E-state index contributed by atoms with van der Waals surface area (Å²) in [5.41, 5.74) is 4.60. The fourth-order valence-electron chi connectivity index (χ4n) is 1.46. The van der Waals surface area contributed by atoms with Crippen LogP contribution >= 0.6 is 0 Å². The lowest BCUT2D eigenvalue weighted by molar-refractivity contribution is -0.137. The molecule has 1 heterocycles. The monoisotopic (exact) mass is 255 g/mol. The highest BCUT2D eigenvalue weighted by atomic mass is 19.4. The summed E-state index contributed by atoms with van der Waals surface area (Å²) in [6.07, 6.45) is -3.25. The molecule has 0 bridgehead atoms. The number of nitrogens with one attached hydrogen (secondary N) is 1. The number of halogens is 3. The van der Waals surface area contributed by atoms with Crippen molar-refractivity contribution in [3.8, 4) is 11.3 Å². The molecule has 0 aliphatic carbocycles. The summed E-state index contributed by atoms with van der Waals surface area (Å²) in [6.45, 7) is 0. The molecule has 0 aliphatic heterocycles. The minimum absolute atomic E-state index is 0.128. The minimum Gasteiger partial charge on any atom is -0.392 e. The van der Waals surface area contributed by atoms with Crippen LogP contribution in [0.25, 0.3) is 11.3 Å². The Kier molecular flexibility index (Phi) is 2.82. The van der Waals surface area contributed by atoms with E-state index in [2.05, 4.69) is 9.97 Å². The number of rotatable bonds is 1. The molecule has 94 valence electrons. The second-order valence-corrected chi connectivity index (χ2v) is 3.57. The fourth-order valence-corrected chi connectivity index (χ4v) is 1.46. The van der Waals surface area contributed by atoms with E-state index in [9.17, 15) is 18.0 Å². The number of aromatic nitrogens is 2. The van der Waals surface area contributed by atoms with Crippen LogP contribution in [-0.4, -0.2) is 9.97 Å². The number of hydrogen-bond acceptors (Lipinski definition) is 3. The van der Waals surface area contributed by atoms with Gasteiger partial charge in [0.2, 0.25) is 0 Å². The van der Waals surface area contributed by atoms with Gasteiger partial charge in [-0.3, -0.25) is 4.79 Å². The highest BCUT2D eigenvalue weighted by Crippen LogP contribution is 2.31. The third-order valence-electron chi connectivity index (χ3n) is 2.37. The predicted molar refractivity (Wildman–Crippen MR) is 59.7 cm³/mol. The maximum Gasteiger partial charge on any atom is 0.416 e. The SMILES string of the molecule is Nc1c(-c2ccc(C(F)(F)F)cc2)nc[nH]c1=O. The summed E-state index contributed by atoms with van der Waals surface area (Å²) in [5, 5.41) is 0. The topological polar surface area (TPSA) is 71.8 Å². The van der Waals surface area contributed by atoms with Crippen molar-refractivity contribution in [1.29, 1.82) is 0 Å². The quantitative estimate of drug-likeness (QED) is 0.819. The van der Waals surface area contributed by atoms with Crippen LogP contribution in [0.3, 0.4) is 0 Å². The average molecular weight is 255 g/mol. The van der Waals surface area contributed by atoms with E-state index in [-0.39, 0.29) is 11.4 Å². The molecule has 7 heteroatoms. The molecule has 0 fully saturated rings. The Morgan fingerprint density at radius 1 is 1.17 bits per heavy atom. The average Bonchev–Trinajstić information content (AvgIpc) is 2.32. The van der Waals surface area contributed by atoms with Gasteiger partial charge >= 0.3 is 6.18 Å².